The molecule has 18 heteroatoms. The van der Waals surface area contributed by atoms with Gasteiger partial charge in [-0.15, -0.1) is 23.2 Å². The number of anilines is 2. The highest BCUT2D eigenvalue weighted by Crippen LogP contribution is 2.66. The number of amides is 4. The summed E-state index contributed by atoms with van der Waals surface area (Å²) in [4.78, 5) is 53.0. The van der Waals surface area contributed by atoms with Crippen molar-refractivity contribution in [3.8, 4) is 23.0 Å². The summed E-state index contributed by atoms with van der Waals surface area (Å²) in [5, 5.41) is 10.3. The van der Waals surface area contributed by atoms with Gasteiger partial charge in [0.2, 0.25) is 17.6 Å². The number of rotatable bonds is 8. The fourth-order valence-electron chi connectivity index (χ4n) is 9.00. The number of hydrogen-bond donors (Lipinski definition) is 1. The molecular formula is C43H30Cl3F5N2O8. The van der Waals surface area contributed by atoms with Crippen LogP contribution in [0.15, 0.2) is 66.2 Å². The standard InChI is InChI=1S/C43H30Cl3F5N2O8/c1-59-22-10-13-27(60-2)19(14-22)7-4-18-5-8-21(9-6-18)52-38(55)24-12-11-23-25(29(24)39(52)56)17-42(45)40(57)53(36-34(50)32(48)31(47)33(49)35(36)51)41(58)43(42,46)30(23)20-15-26(44)37(54)28(16-20)61-3/h4-11,13-16,24-25,29-30,54H,12,17H2,1-3H3/t24-,25+,29-,30-,42+,43-/m0/s1. The second-order valence-corrected chi connectivity index (χ2v) is 16.4. The van der Waals surface area contributed by atoms with Crippen molar-refractivity contribution in [3.63, 3.8) is 0 Å². The third kappa shape index (κ3) is 6.02. The van der Waals surface area contributed by atoms with Crippen molar-refractivity contribution in [1.82, 2.24) is 0 Å². The molecule has 1 N–H and O–H groups in total. The Bertz CT molecular complexity index is 2630. The number of benzene rings is 4. The predicted octanol–water partition coefficient (Wildman–Crippen LogP) is 8.71. The summed E-state index contributed by atoms with van der Waals surface area (Å²) < 4.78 is 90.1. The fourth-order valence-corrected chi connectivity index (χ4v) is 10.2. The van der Waals surface area contributed by atoms with E-state index >= 15 is 8.78 Å². The second-order valence-electron chi connectivity index (χ2n) is 14.8. The van der Waals surface area contributed by atoms with E-state index in [1.807, 2.05) is 0 Å². The summed E-state index contributed by atoms with van der Waals surface area (Å²) in [5.41, 5.74) is -0.141. The molecule has 0 radical (unpaired) electrons. The number of phenolic OH excluding ortho intramolecular Hbond substituents is 1. The minimum atomic E-state index is -2.80. The van der Waals surface area contributed by atoms with Crippen LogP contribution in [-0.4, -0.2) is 59.8 Å². The van der Waals surface area contributed by atoms with Gasteiger partial charge in [0.1, 0.15) is 17.2 Å². The number of imide groups is 2. The van der Waals surface area contributed by atoms with Crippen LogP contribution in [0, 0.1) is 46.8 Å². The molecule has 316 valence electrons. The molecule has 2 aliphatic carbocycles. The van der Waals surface area contributed by atoms with Gasteiger partial charge in [0.05, 0.1) is 43.9 Å². The number of hydrogen-bond acceptors (Lipinski definition) is 8. The van der Waals surface area contributed by atoms with Gasteiger partial charge in [0.15, 0.2) is 44.5 Å². The Balaban J connectivity index is 1.21. The van der Waals surface area contributed by atoms with Gasteiger partial charge in [-0.2, -0.15) is 0 Å². The van der Waals surface area contributed by atoms with Crippen LogP contribution in [-0.2, 0) is 19.2 Å². The van der Waals surface area contributed by atoms with E-state index in [9.17, 15) is 37.5 Å². The Labute approximate surface area is 358 Å². The van der Waals surface area contributed by atoms with Crippen molar-refractivity contribution in [2.45, 2.75) is 28.5 Å². The first kappa shape index (κ1) is 42.1. The lowest BCUT2D eigenvalue weighted by Crippen LogP contribution is -2.60. The van der Waals surface area contributed by atoms with Crippen LogP contribution < -0.4 is 24.0 Å². The van der Waals surface area contributed by atoms with Crippen molar-refractivity contribution in [3.05, 3.63) is 117 Å². The molecule has 8 rings (SSSR count). The van der Waals surface area contributed by atoms with Crippen molar-refractivity contribution in [2.75, 3.05) is 31.1 Å². The highest BCUT2D eigenvalue weighted by atomic mass is 35.5. The average Bonchev–Trinajstić information content (AvgIpc) is 3.59. The van der Waals surface area contributed by atoms with Gasteiger partial charge in [-0.1, -0.05) is 47.5 Å². The third-order valence-corrected chi connectivity index (χ3v) is 13.6. The van der Waals surface area contributed by atoms with Crippen molar-refractivity contribution >= 4 is 82.0 Å². The Morgan fingerprint density at radius 2 is 1.38 bits per heavy atom. The number of ether oxygens (including phenoxy) is 3. The lowest BCUT2D eigenvalue weighted by Gasteiger charge is -2.50. The molecular weight excluding hydrogens is 874 g/mol. The number of methoxy groups -OCH3 is 3. The van der Waals surface area contributed by atoms with Crippen LogP contribution >= 0.6 is 34.8 Å². The molecule has 61 heavy (non-hydrogen) atoms. The first-order valence-electron chi connectivity index (χ1n) is 18.4. The topological polar surface area (TPSA) is 123 Å². The number of carbonyl (C=O) groups excluding carboxylic acids is 4. The maximum atomic E-state index is 15.4. The normalized spacial score (nSPS) is 25.8. The number of phenols is 1. The van der Waals surface area contributed by atoms with Crippen LogP contribution in [0.25, 0.3) is 12.2 Å². The summed E-state index contributed by atoms with van der Waals surface area (Å²) in [6.07, 6.45) is 4.32. The van der Waals surface area contributed by atoms with Gasteiger partial charge in [-0.05, 0) is 72.4 Å². The predicted molar refractivity (Wildman–Crippen MR) is 213 cm³/mol. The number of carbonyl (C=O) groups is 4. The largest absolute Gasteiger partial charge is 0.503 e. The molecule has 1 saturated carbocycles. The van der Waals surface area contributed by atoms with Gasteiger partial charge in [0, 0.05) is 11.5 Å². The summed E-state index contributed by atoms with van der Waals surface area (Å²) in [6, 6.07) is 14.1. The molecule has 4 aliphatic rings. The van der Waals surface area contributed by atoms with E-state index in [2.05, 4.69) is 0 Å². The molecule has 10 nitrogen and oxygen atoms in total. The van der Waals surface area contributed by atoms with E-state index in [0.717, 1.165) is 16.5 Å². The highest BCUT2D eigenvalue weighted by molar-refractivity contribution is 6.58. The Hall–Kier alpha value is -5.64. The quantitative estimate of drug-likeness (QED) is 0.0355. The number of fused-ring (bicyclic) bond motifs is 4. The molecule has 0 aromatic heterocycles. The van der Waals surface area contributed by atoms with E-state index in [-0.39, 0.29) is 38.9 Å². The van der Waals surface area contributed by atoms with Crippen molar-refractivity contribution < 1.29 is 60.4 Å². The van der Waals surface area contributed by atoms with Crippen molar-refractivity contribution in [2.24, 2.45) is 17.8 Å². The molecule has 0 unspecified atom stereocenters. The third-order valence-electron chi connectivity index (χ3n) is 11.9. The van der Waals surface area contributed by atoms with Crippen molar-refractivity contribution in [1.29, 1.82) is 0 Å². The summed E-state index contributed by atoms with van der Waals surface area (Å²) >= 11 is 20.8. The fraction of sp³-hybridized carbons (Fsp3) is 0.256. The highest BCUT2D eigenvalue weighted by Gasteiger charge is 2.77. The number of nitrogens with zero attached hydrogens (tertiary/aromatic N) is 2. The van der Waals surface area contributed by atoms with E-state index in [4.69, 9.17) is 49.0 Å². The molecule has 4 aromatic rings. The molecule has 4 aromatic carbocycles. The summed E-state index contributed by atoms with van der Waals surface area (Å²) in [5.74, 6) is -21.7. The van der Waals surface area contributed by atoms with Crippen LogP contribution in [0.1, 0.15) is 35.4 Å². The number of alkyl halides is 2. The van der Waals surface area contributed by atoms with Crippen LogP contribution in [0.2, 0.25) is 5.02 Å². The Kier molecular flexibility index (Phi) is 10.4. The maximum absolute atomic E-state index is 15.4. The Morgan fingerprint density at radius 3 is 2.00 bits per heavy atom. The monoisotopic (exact) mass is 902 g/mol. The number of allylic oxidation sites excluding steroid dienone is 2. The lowest BCUT2D eigenvalue weighted by molar-refractivity contribution is -0.125. The van der Waals surface area contributed by atoms with Crippen LogP contribution in [0.4, 0.5) is 33.3 Å². The molecule has 0 bridgehead atoms. The maximum Gasteiger partial charge on any atom is 0.258 e. The van der Waals surface area contributed by atoms with Gasteiger partial charge in [0.25, 0.3) is 11.8 Å². The first-order valence-corrected chi connectivity index (χ1v) is 19.5. The smallest absolute Gasteiger partial charge is 0.258 e. The average molecular weight is 904 g/mol. The molecule has 2 heterocycles. The minimum absolute atomic E-state index is 0.0432. The van der Waals surface area contributed by atoms with Crippen LogP contribution in [0.5, 0.6) is 23.0 Å². The number of aromatic hydroxyl groups is 1. The van der Waals surface area contributed by atoms with Gasteiger partial charge < -0.3 is 19.3 Å². The summed E-state index contributed by atoms with van der Waals surface area (Å²) in [7, 11) is 4.24. The molecule has 4 amide bonds. The van der Waals surface area contributed by atoms with E-state index < -0.39 is 104 Å². The first-order chi connectivity index (χ1) is 28.9. The SMILES string of the molecule is COc1ccc(OC)c(C=Cc2ccc(N3C(=O)[C@H]4[C@H](CC=C5[C@H]4C[C@@]4(Cl)C(=O)N(c6c(F)c(F)c(F)c(F)c6F)C(=O)[C@@]4(Cl)[C@H]5c4cc(Cl)c(O)c(OC)c4)C3=O)cc2)c1. The Morgan fingerprint density at radius 1 is 0.738 bits per heavy atom. The van der Waals surface area contributed by atoms with Gasteiger partial charge in [-0.3, -0.25) is 24.1 Å². The van der Waals surface area contributed by atoms with Crippen LogP contribution in [0.3, 0.4) is 0 Å². The van der Waals surface area contributed by atoms with E-state index in [1.165, 1.54) is 27.4 Å². The minimum Gasteiger partial charge on any atom is -0.503 e. The zero-order chi connectivity index (χ0) is 44.0. The second kappa shape index (κ2) is 15.1. The molecule has 2 saturated heterocycles. The number of halogens is 8. The van der Waals surface area contributed by atoms with E-state index in [1.54, 1.807) is 60.7 Å². The molecule has 0 spiro atoms. The molecule has 6 atom stereocenters. The van der Waals surface area contributed by atoms with Gasteiger partial charge >= 0.3 is 0 Å². The lowest BCUT2D eigenvalue weighted by atomic mass is 9.56. The van der Waals surface area contributed by atoms with E-state index in [0.29, 0.717) is 17.1 Å². The zero-order valence-corrected chi connectivity index (χ0v) is 34.1. The molecule has 2 aliphatic heterocycles. The van der Waals surface area contributed by atoms with Gasteiger partial charge in [-0.25, -0.2) is 26.9 Å². The molecule has 3 fully saturated rings. The zero-order valence-electron chi connectivity index (χ0n) is 31.9. The summed E-state index contributed by atoms with van der Waals surface area (Å²) in [6.45, 7) is 0.